The van der Waals surface area contributed by atoms with E-state index in [0.717, 1.165) is 23.4 Å². The highest BCUT2D eigenvalue weighted by Gasteiger charge is 2.29. The number of carbonyl (C=O) groups excluding carboxylic acids is 1. The molecule has 0 radical (unpaired) electrons. The van der Waals surface area contributed by atoms with E-state index in [-0.39, 0.29) is 34.2 Å². The summed E-state index contributed by atoms with van der Waals surface area (Å²) in [6, 6.07) is 7.17. The van der Waals surface area contributed by atoms with E-state index < -0.39 is 18.1 Å². The lowest BCUT2D eigenvalue weighted by molar-refractivity contribution is 0.102. The number of hydrogen-bond acceptors (Lipinski definition) is 4. The molecule has 3 aromatic heterocycles. The molecule has 152 valence electrons. The number of fused-ring (bicyclic) bond motifs is 1. The fourth-order valence-electron chi connectivity index (χ4n) is 3.29. The molecule has 1 aliphatic carbocycles. The van der Waals surface area contributed by atoms with E-state index in [1.807, 2.05) is 0 Å². The van der Waals surface area contributed by atoms with Crippen molar-refractivity contribution in [3.8, 4) is 5.69 Å². The van der Waals surface area contributed by atoms with Crippen LogP contribution in [0.1, 0.15) is 46.9 Å². The average Bonchev–Trinajstić information content (AvgIpc) is 3.25. The zero-order valence-electron chi connectivity index (χ0n) is 15.5. The minimum absolute atomic E-state index is 0.0379. The Labute approximate surface area is 168 Å². The third-order valence-corrected chi connectivity index (χ3v) is 4.94. The van der Waals surface area contributed by atoms with Gasteiger partial charge in [-0.15, -0.1) is 0 Å². The quantitative estimate of drug-likeness (QED) is 0.535. The van der Waals surface area contributed by atoms with Crippen LogP contribution in [0.3, 0.4) is 0 Å². The van der Waals surface area contributed by atoms with Gasteiger partial charge in [0, 0.05) is 29.7 Å². The highest BCUT2D eigenvalue weighted by molar-refractivity contribution is 6.08. The van der Waals surface area contributed by atoms with Crippen molar-refractivity contribution in [2.24, 2.45) is 0 Å². The molecule has 0 unspecified atom stereocenters. The third kappa shape index (κ3) is 3.19. The molecule has 0 atom stereocenters. The average molecular weight is 412 g/mol. The molecule has 4 aromatic rings. The first-order valence-corrected chi connectivity index (χ1v) is 9.29. The van der Waals surface area contributed by atoms with Crippen LogP contribution in [0.2, 0.25) is 0 Å². The fourth-order valence-corrected chi connectivity index (χ4v) is 3.29. The summed E-state index contributed by atoms with van der Waals surface area (Å²) in [5.41, 5.74) is 0.751. The SMILES string of the molecule is O=C(Nc1ccc(-n2cccn2)c(F)c1)c1cnn2c(C(F)F)cc(C3CC3)nc12. The third-order valence-electron chi connectivity index (χ3n) is 4.94. The number of nitrogens with one attached hydrogen (secondary N) is 1. The molecule has 3 heterocycles. The summed E-state index contributed by atoms with van der Waals surface area (Å²) in [5, 5.41) is 10.5. The molecule has 1 fully saturated rings. The van der Waals surface area contributed by atoms with Crippen LogP contribution in [-0.4, -0.2) is 30.3 Å². The Bertz CT molecular complexity index is 1250. The molecule has 1 aliphatic rings. The molecular formula is C20H15F3N6O. The van der Waals surface area contributed by atoms with Crippen LogP contribution in [0.15, 0.2) is 48.9 Å². The van der Waals surface area contributed by atoms with Crippen LogP contribution in [0.4, 0.5) is 18.9 Å². The van der Waals surface area contributed by atoms with E-state index in [0.29, 0.717) is 5.69 Å². The van der Waals surface area contributed by atoms with E-state index in [1.165, 1.54) is 35.3 Å². The number of aromatic nitrogens is 5. The molecule has 0 saturated heterocycles. The molecule has 1 saturated carbocycles. The smallest absolute Gasteiger partial charge is 0.280 e. The molecule has 7 nitrogen and oxygen atoms in total. The van der Waals surface area contributed by atoms with Crippen LogP contribution in [0.25, 0.3) is 11.3 Å². The highest BCUT2D eigenvalue weighted by atomic mass is 19.3. The van der Waals surface area contributed by atoms with Crippen LogP contribution in [-0.2, 0) is 0 Å². The van der Waals surface area contributed by atoms with Crippen LogP contribution in [0.5, 0.6) is 0 Å². The van der Waals surface area contributed by atoms with Gasteiger partial charge in [-0.3, -0.25) is 4.79 Å². The summed E-state index contributed by atoms with van der Waals surface area (Å²) in [6.45, 7) is 0. The number of rotatable bonds is 5. The second-order valence-corrected chi connectivity index (χ2v) is 7.05. The lowest BCUT2D eigenvalue weighted by Gasteiger charge is -2.09. The maximum Gasteiger partial charge on any atom is 0.280 e. The molecule has 1 amide bonds. The van der Waals surface area contributed by atoms with Crippen molar-refractivity contribution >= 4 is 17.2 Å². The first kappa shape index (κ1) is 18.3. The Kier molecular flexibility index (Phi) is 4.27. The van der Waals surface area contributed by atoms with E-state index >= 15 is 0 Å². The summed E-state index contributed by atoms with van der Waals surface area (Å²) in [5.74, 6) is -1.07. The largest absolute Gasteiger partial charge is 0.322 e. The molecule has 10 heteroatoms. The predicted octanol–water partition coefficient (Wildman–Crippen LogP) is 4.12. The van der Waals surface area contributed by atoms with Crippen molar-refractivity contribution < 1.29 is 18.0 Å². The zero-order valence-corrected chi connectivity index (χ0v) is 15.5. The van der Waals surface area contributed by atoms with Crippen molar-refractivity contribution in [2.75, 3.05) is 5.32 Å². The van der Waals surface area contributed by atoms with Crippen molar-refractivity contribution in [3.63, 3.8) is 0 Å². The number of hydrogen-bond donors (Lipinski definition) is 1. The molecule has 0 spiro atoms. The van der Waals surface area contributed by atoms with Gasteiger partial charge in [-0.2, -0.15) is 10.2 Å². The summed E-state index contributed by atoms with van der Waals surface area (Å²) in [7, 11) is 0. The number of anilines is 1. The second kappa shape index (κ2) is 6.97. The monoisotopic (exact) mass is 412 g/mol. The molecule has 5 rings (SSSR count). The summed E-state index contributed by atoms with van der Waals surface area (Å²) in [6.07, 6.45) is 3.31. The van der Waals surface area contributed by atoms with E-state index in [2.05, 4.69) is 20.5 Å². The minimum atomic E-state index is -2.76. The van der Waals surface area contributed by atoms with Gasteiger partial charge in [-0.1, -0.05) is 0 Å². The molecular weight excluding hydrogens is 397 g/mol. The van der Waals surface area contributed by atoms with Crippen molar-refractivity contribution in [3.05, 3.63) is 71.7 Å². The Morgan fingerprint density at radius 2 is 2.03 bits per heavy atom. The first-order valence-electron chi connectivity index (χ1n) is 9.29. The van der Waals surface area contributed by atoms with E-state index in [4.69, 9.17) is 0 Å². The number of benzene rings is 1. The predicted molar refractivity (Wildman–Crippen MR) is 101 cm³/mol. The lowest BCUT2D eigenvalue weighted by atomic mass is 10.2. The second-order valence-electron chi connectivity index (χ2n) is 7.05. The van der Waals surface area contributed by atoms with Gasteiger partial charge in [0.2, 0.25) is 0 Å². The Morgan fingerprint density at radius 1 is 1.20 bits per heavy atom. The number of nitrogens with zero attached hydrogens (tertiary/aromatic N) is 5. The minimum Gasteiger partial charge on any atom is -0.322 e. The Hall–Kier alpha value is -3.69. The summed E-state index contributed by atoms with van der Waals surface area (Å²) >= 11 is 0. The maximum atomic E-state index is 14.4. The number of halogens is 3. The normalized spacial score (nSPS) is 13.9. The van der Waals surface area contributed by atoms with Gasteiger partial charge in [0.25, 0.3) is 12.3 Å². The number of alkyl halides is 2. The summed E-state index contributed by atoms with van der Waals surface area (Å²) < 4.78 is 43.7. The maximum absolute atomic E-state index is 14.4. The zero-order chi connectivity index (χ0) is 20.8. The lowest BCUT2D eigenvalue weighted by Crippen LogP contribution is -2.13. The fraction of sp³-hybridized carbons (Fsp3) is 0.200. The van der Waals surface area contributed by atoms with Gasteiger partial charge in [0.15, 0.2) is 11.5 Å². The van der Waals surface area contributed by atoms with Crippen molar-refractivity contribution in [2.45, 2.75) is 25.2 Å². The molecule has 1 N–H and O–H groups in total. The standard InChI is InChI=1S/C20H15F3N6O/c21-14-8-12(4-5-16(14)28-7-1-6-24-28)26-20(30)13-10-25-29-17(18(22)23)9-15(11-2-3-11)27-19(13)29/h1,4-11,18H,2-3H2,(H,26,30). The van der Waals surface area contributed by atoms with Gasteiger partial charge in [-0.25, -0.2) is 27.4 Å². The van der Waals surface area contributed by atoms with Crippen molar-refractivity contribution in [1.29, 1.82) is 0 Å². The number of amides is 1. The van der Waals surface area contributed by atoms with Crippen LogP contribution < -0.4 is 5.32 Å². The van der Waals surface area contributed by atoms with E-state index in [9.17, 15) is 18.0 Å². The van der Waals surface area contributed by atoms with Crippen LogP contribution in [0, 0.1) is 5.82 Å². The highest BCUT2D eigenvalue weighted by Crippen LogP contribution is 2.40. The van der Waals surface area contributed by atoms with Gasteiger partial charge < -0.3 is 5.32 Å². The molecule has 0 aliphatic heterocycles. The molecule has 0 bridgehead atoms. The van der Waals surface area contributed by atoms with Gasteiger partial charge in [0.05, 0.1) is 6.20 Å². The van der Waals surface area contributed by atoms with E-state index in [1.54, 1.807) is 12.3 Å². The molecule has 30 heavy (non-hydrogen) atoms. The van der Waals surface area contributed by atoms with Gasteiger partial charge >= 0.3 is 0 Å². The van der Waals surface area contributed by atoms with Gasteiger partial charge in [-0.05, 0) is 43.2 Å². The Balaban J connectivity index is 1.47. The summed E-state index contributed by atoms with van der Waals surface area (Å²) in [4.78, 5) is 17.1. The number of carbonyl (C=O) groups is 1. The van der Waals surface area contributed by atoms with Crippen LogP contribution >= 0.6 is 0 Å². The molecule has 1 aromatic carbocycles. The Morgan fingerprint density at radius 3 is 2.70 bits per heavy atom. The van der Waals surface area contributed by atoms with Crippen molar-refractivity contribution in [1.82, 2.24) is 24.4 Å². The topological polar surface area (TPSA) is 77.1 Å². The first-order chi connectivity index (χ1) is 14.5. The van der Waals surface area contributed by atoms with Gasteiger partial charge in [0.1, 0.15) is 16.9 Å².